The lowest BCUT2D eigenvalue weighted by atomic mass is 10.1. The summed E-state index contributed by atoms with van der Waals surface area (Å²) in [4.78, 5) is 37.2. The van der Waals surface area contributed by atoms with Gasteiger partial charge in [0.2, 0.25) is 0 Å². The standard InChI is InChI=1S/C13H17BrN2O4.C13H19BrN2O4/c1-13(2,3)19-12(18)16-10(5-11(17)20-16)8-4-9(14)7-15-6-8;1-13(2,3)20-12(18)16(19)11(4-5-17)9-6-10(14)8-15-7-9/h4,6-7,10-11,17H,5H2,1-3H3;6-8,11,17,19H,4-5H2,1-3H3/t10-,11?;11-/m00/s1. The Hall–Kier alpha value is -2.36. The number of carbonyl (C=O) groups is 2. The van der Waals surface area contributed by atoms with Crippen molar-refractivity contribution in [2.45, 2.75) is 84.0 Å². The van der Waals surface area contributed by atoms with Gasteiger partial charge in [-0.25, -0.2) is 14.4 Å². The Morgan fingerprint density at radius 1 is 1.05 bits per heavy atom. The van der Waals surface area contributed by atoms with E-state index in [0.29, 0.717) is 10.6 Å². The molecule has 222 valence electrons. The maximum atomic E-state index is 12.1. The number of carbonyl (C=O) groups excluding carboxylic acids is 2. The fourth-order valence-corrected chi connectivity index (χ4v) is 4.26. The number of aliphatic hydroxyl groups excluding tert-OH is 2. The average molecular weight is 692 g/mol. The summed E-state index contributed by atoms with van der Waals surface area (Å²) in [5, 5.41) is 30.3. The van der Waals surface area contributed by atoms with Crippen LogP contribution in [0.25, 0.3) is 0 Å². The van der Waals surface area contributed by atoms with Crippen LogP contribution in [0.2, 0.25) is 0 Å². The normalized spacial score (nSPS) is 17.9. The van der Waals surface area contributed by atoms with Crippen molar-refractivity contribution in [3.8, 4) is 0 Å². The third kappa shape index (κ3) is 10.9. The Labute approximate surface area is 250 Å². The number of amides is 2. The van der Waals surface area contributed by atoms with Crippen LogP contribution in [0, 0.1) is 0 Å². The number of rotatable bonds is 5. The van der Waals surface area contributed by atoms with Gasteiger partial charge in [-0.2, -0.15) is 10.1 Å². The lowest BCUT2D eigenvalue weighted by molar-refractivity contribution is -0.207. The summed E-state index contributed by atoms with van der Waals surface area (Å²) < 4.78 is 11.9. The Morgan fingerprint density at radius 2 is 1.62 bits per heavy atom. The smallest absolute Gasteiger partial charge is 0.435 e. The quantitative estimate of drug-likeness (QED) is 0.264. The summed E-state index contributed by atoms with van der Waals surface area (Å²) in [6, 6.07) is 2.40. The lowest BCUT2D eigenvalue weighted by Crippen LogP contribution is -2.37. The zero-order valence-corrected chi connectivity index (χ0v) is 26.4. The van der Waals surface area contributed by atoms with Gasteiger partial charge in [0.05, 0.1) is 12.1 Å². The number of hydrogen-bond donors (Lipinski definition) is 3. The van der Waals surface area contributed by atoms with Crippen molar-refractivity contribution in [2.75, 3.05) is 6.61 Å². The first-order chi connectivity index (χ1) is 18.5. The second-order valence-corrected chi connectivity index (χ2v) is 12.7. The van der Waals surface area contributed by atoms with Gasteiger partial charge in [0, 0.05) is 46.8 Å². The minimum Gasteiger partial charge on any atom is -0.442 e. The van der Waals surface area contributed by atoms with Crippen molar-refractivity contribution in [2.24, 2.45) is 0 Å². The van der Waals surface area contributed by atoms with E-state index in [1.54, 1.807) is 66.2 Å². The molecule has 1 aliphatic heterocycles. The molecule has 12 nitrogen and oxygen atoms in total. The lowest BCUT2D eigenvalue weighted by Gasteiger charge is -2.28. The van der Waals surface area contributed by atoms with Crippen LogP contribution in [0.4, 0.5) is 9.59 Å². The van der Waals surface area contributed by atoms with Crippen LogP contribution in [0.5, 0.6) is 0 Å². The molecule has 0 saturated carbocycles. The number of pyridine rings is 2. The summed E-state index contributed by atoms with van der Waals surface area (Å²) in [5.74, 6) is 0. The monoisotopic (exact) mass is 690 g/mol. The maximum Gasteiger partial charge on any atom is 0.435 e. The summed E-state index contributed by atoms with van der Waals surface area (Å²) in [6.45, 7) is 10.3. The second-order valence-electron chi connectivity index (χ2n) is 10.8. The average Bonchev–Trinajstić information content (AvgIpc) is 3.22. The van der Waals surface area contributed by atoms with E-state index in [4.69, 9.17) is 19.4 Å². The fraction of sp³-hybridized carbons (Fsp3) is 0.538. The SMILES string of the molecule is CC(C)(C)OC(=O)N(O)[C@@H](CCO)c1cncc(Br)c1.CC(C)(C)OC(=O)N1OC(O)C[C@H]1c1cncc(Br)c1. The van der Waals surface area contributed by atoms with E-state index in [1.165, 1.54) is 6.20 Å². The van der Waals surface area contributed by atoms with Crippen molar-refractivity contribution < 1.29 is 39.3 Å². The van der Waals surface area contributed by atoms with Crippen LogP contribution >= 0.6 is 31.9 Å². The summed E-state index contributed by atoms with van der Waals surface area (Å²) >= 11 is 6.60. The fourth-order valence-electron chi connectivity index (χ4n) is 3.49. The number of aliphatic hydroxyl groups is 2. The van der Waals surface area contributed by atoms with E-state index >= 15 is 0 Å². The van der Waals surface area contributed by atoms with Gasteiger partial charge < -0.3 is 19.7 Å². The van der Waals surface area contributed by atoms with Crippen molar-refractivity contribution in [1.82, 2.24) is 20.1 Å². The molecule has 0 radical (unpaired) electrons. The van der Waals surface area contributed by atoms with Gasteiger partial charge in [0.15, 0.2) is 6.29 Å². The highest BCUT2D eigenvalue weighted by molar-refractivity contribution is 9.10. The highest BCUT2D eigenvalue weighted by Gasteiger charge is 2.39. The molecule has 0 spiro atoms. The molecule has 3 rings (SSSR count). The van der Waals surface area contributed by atoms with Crippen LogP contribution in [-0.4, -0.2) is 71.8 Å². The predicted molar refractivity (Wildman–Crippen MR) is 151 cm³/mol. The largest absolute Gasteiger partial charge is 0.442 e. The number of nitrogens with zero attached hydrogens (tertiary/aromatic N) is 4. The molecule has 0 aliphatic carbocycles. The summed E-state index contributed by atoms with van der Waals surface area (Å²) in [6.07, 6.45) is 4.32. The van der Waals surface area contributed by atoms with Gasteiger partial charge >= 0.3 is 12.2 Å². The number of hydrogen-bond acceptors (Lipinski definition) is 10. The second kappa shape index (κ2) is 14.5. The molecule has 3 atom stereocenters. The summed E-state index contributed by atoms with van der Waals surface area (Å²) in [7, 11) is 0. The molecular weight excluding hydrogens is 656 g/mol. The molecule has 1 fully saturated rings. The molecule has 1 saturated heterocycles. The van der Waals surface area contributed by atoms with Crippen LogP contribution < -0.4 is 0 Å². The molecule has 40 heavy (non-hydrogen) atoms. The topological polar surface area (TPSA) is 155 Å². The third-order valence-corrected chi connectivity index (χ3v) is 5.88. The third-order valence-electron chi connectivity index (χ3n) is 5.02. The number of hydroxylamine groups is 4. The number of halogens is 2. The summed E-state index contributed by atoms with van der Waals surface area (Å²) in [5.41, 5.74) is 0.0226. The van der Waals surface area contributed by atoms with E-state index < -0.39 is 41.8 Å². The molecule has 1 aliphatic rings. The van der Waals surface area contributed by atoms with Crippen LogP contribution in [0.3, 0.4) is 0 Å². The Balaban J connectivity index is 0.000000280. The van der Waals surface area contributed by atoms with E-state index in [0.717, 1.165) is 19.6 Å². The first-order valence-electron chi connectivity index (χ1n) is 12.4. The van der Waals surface area contributed by atoms with E-state index in [-0.39, 0.29) is 19.4 Å². The highest BCUT2D eigenvalue weighted by Crippen LogP contribution is 2.35. The zero-order valence-electron chi connectivity index (χ0n) is 23.2. The molecule has 2 aromatic rings. The first kappa shape index (κ1) is 33.8. The van der Waals surface area contributed by atoms with Crippen molar-refractivity contribution in [1.29, 1.82) is 0 Å². The molecule has 0 aromatic carbocycles. The minimum absolute atomic E-state index is 0.174. The molecule has 0 bridgehead atoms. The highest BCUT2D eigenvalue weighted by atomic mass is 79.9. The van der Waals surface area contributed by atoms with Crippen LogP contribution in [0.15, 0.2) is 45.9 Å². The van der Waals surface area contributed by atoms with E-state index in [1.807, 2.05) is 6.07 Å². The van der Waals surface area contributed by atoms with Crippen LogP contribution in [0.1, 0.15) is 77.6 Å². The molecule has 2 amide bonds. The number of aromatic nitrogens is 2. The predicted octanol–water partition coefficient (Wildman–Crippen LogP) is 5.67. The Bertz CT molecular complexity index is 1100. The Morgan fingerprint density at radius 3 is 2.15 bits per heavy atom. The molecule has 2 aromatic heterocycles. The first-order valence-corrected chi connectivity index (χ1v) is 14.0. The zero-order chi connectivity index (χ0) is 30.3. The van der Waals surface area contributed by atoms with Gasteiger partial charge in [-0.05, 0) is 103 Å². The molecular formula is C26H36Br2N4O8. The van der Waals surface area contributed by atoms with Gasteiger partial charge in [0.1, 0.15) is 11.2 Å². The van der Waals surface area contributed by atoms with Crippen molar-refractivity contribution >= 4 is 44.0 Å². The molecule has 3 heterocycles. The van der Waals surface area contributed by atoms with E-state index in [2.05, 4.69) is 41.8 Å². The van der Waals surface area contributed by atoms with Gasteiger partial charge in [-0.15, -0.1) is 0 Å². The van der Waals surface area contributed by atoms with Gasteiger partial charge in [-0.1, -0.05) is 0 Å². The van der Waals surface area contributed by atoms with Gasteiger partial charge in [0.25, 0.3) is 0 Å². The molecule has 14 heteroatoms. The Kier molecular flexibility index (Phi) is 12.3. The molecule has 3 N–H and O–H groups in total. The van der Waals surface area contributed by atoms with Crippen LogP contribution in [-0.2, 0) is 14.3 Å². The van der Waals surface area contributed by atoms with Gasteiger partial charge in [-0.3, -0.25) is 15.2 Å². The maximum absolute atomic E-state index is 12.1. The van der Waals surface area contributed by atoms with E-state index in [9.17, 15) is 19.9 Å². The van der Waals surface area contributed by atoms with Crippen molar-refractivity contribution in [3.63, 3.8) is 0 Å². The number of ether oxygens (including phenoxy) is 2. The van der Waals surface area contributed by atoms with Crippen molar-refractivity contribution in [3.05, 3.63) is 57.0 Å². The molecule has 1 unspecified atom stereocenters. The minimum atomic E-state index is -1.04.